The van der Waals surface area contributed by atoms with Gasteiger partial charge in [0.2, 0.25) is 5.91 Å². The summed E-state index contributed by atoms with van der Waals surface area (Å²) in [5, 5.41) is 8.89. The third kappa shape index (κ3) is 2.84. The molecule has 2 rings (SSSR count). The first-order valence-electron chi connectivity index (χ1n) is 6.58. The fraction of sp³-hybridized carbons (Fsp3) is 0.429. The van der Waals surface area contributed by atoms with Crippen LogP contribution in [0.5, 0.6) is 0 Å². The Morgan fingerprint density at radius 1 is 1.50 bits per heavy atom. The number of carbonyl (C=O) groups excluding carboxylic acids is 1. The quantitative estimate of drug-likeness (QED) is 0.777. The number of nitrogen functional groups attached to an aromatic ring is 1. The Morgan fingerprint density at radius 2 is 2.20 bits per heavy atom. The van der Waals surface area contributed by atoms with E-state index in [1.807, 2.05) is 23.1 Å². The molecule has 0 aliphatic carbocycles. The van der Waals surface area contributed by atoms with E-state index in [0.717, 1.165) is 5.69 Å². The van der Waals surface area contributed by atoms with Crippen molar-refractivity contribution in [2.24, 2.45) is 0 Å². The van der Waals surface area contributed by atoms with Gasteiger partial charge in [-0.25, -0.2) is 0 Å². The number of benzene rings is 1. The van der Waals surface area contributed by atoms with Crippen LogP contribution in [0, 0.1) is 0 Å². The summed E-state index contributed by atoms with van der Waals surface area (Å²) in [7, 11) is 1.76. The number of nitrogens with two attached hydrogens (primary N) is 1. The lowest BCUT2D eigenvalue weighted by molar-refractivity contribution is -0.137. The maximum atomic E-state index is 12.2. The van der Waals surface area contributed by atoms with E-state index < -0.39 is 5.97 Å². The first kappa shape index (κ1) is 14.2. The number of carbonyl (C=O) groups is 2. The molecule has 1 heterocycles. The van der Waals surface area contributed by atoms with Crippen LogP contribution < -0.4 is 10.6 Å². The van der Waals surface area contributed by atoms with E-state index in [4.69, 9.17) is 10.8 Å². The fourth-order valence-electron chi connectivity index (χ4n) is 2.50. The lowest BCUT2D eigenvalue weighted by Gasteiger charge is -2.30. The molecule has 1 unspecified atom stereocenters. The van der Waals surface area contributed by atoms with E-state index in [-0.39, 0.29) is 24.9 Å². The minimum Gasteiger partial charge on any atom is -0.481 e. The molecule has 1 fully saturated rings. The van der Waals surface area contributed by atoms with Gasteiger partial charge in [-0.05, 0) is 18.6 Å². The fourth-order valence-corrected chi connectivity index (χ4v) is 2.50. The maximum absolute atomic E-state index is 12.2. The van der Waals surface area contributed by atoms with E-state index in [1.54, 1.807) is 18.0 Å². The van der Waals surface area contributed by atoms with Gasteiger partial charge in [-0.2, -0.15) is 0 Å². The molecule has 1 amide bonds. The second-order valence-electron chi connectivity index (χ2n) is 4.96. The van der Waals surface area contributed by atoms with Gasteiger partial charge in [-0.15, -0.1) is 0 Å². The Kier molecular flexibility index (Phi) is 4.12. The van der Waals surface area contributed by atoms with Crippen LogP contribution in [0.4, 0.5) is 11.4 Å². The van der Waals surface area contributed by atoms with Crippen molar-refractivity contribution in [3.05, 3.63) is 24.3 Å². The van der Waals surface area contributed by atoms with Crippen LogP contribution >= 0.6 is 0 Å². The molecule has 108 valence electrons. The maximum Gasteiger partial charge on any atom is 0.305 e. The number of hydrogen-bond donors (Lipinski definition) is 2. The molecule has 0 radical (unpaired) electrons. The summed E-state index contributed by atoms with van der Waals surface area (Å²) in [6, 6.07) is 6.90. The molecule has 6 nitrogen and oxygen atoms in total. The highest BCUT2D eigenvalue weighted by Crippen LogP contribution is 2.28. The number of hydrogen-bond acceptors (Lipinski definition) is 4. The number of anilines is 2. The number of likely N-dealkylation sites (tertiary alicyclic amines) is 1. The summed E-state index contributed by atoms with van der Waals surface area (Å²) >= 11 is 0. The topological polar surface area (TPSA) is 86.9 Å². The molecule has 1 aliphatic heterocycles. The monoisotopic (exact) mass is 277 g/mol. The predicted octanol–water partition coefficient (Wildman–Crippen LogP) is 0.781. The van der Waals surface area contributed by atoms with Crippen molar-refractivity contribution in [3.63, 3.8) is 0 Å². The van der Waals surface area contributed by atoms with Crippen LogP contribution in [-0.4, -0.2) is 48.1 Å². The van der Waals surface area contributed by atoms with Gasteiger partial charge in [0, 0.05) is 20.1 Å². The van der Waals surface area contributed by atoms with Crippen LogP contribution in [0.15, 0.2) is 24.3 Å². The van der Waals surface area contributed by atoms with E-state index in [1.165, 1.54) is 0 Å². The molecule has 0 aromatic heterocycles. The number of carboxylic acids is 1. The molecular weight excluding hydrogens is 258 g/mol. The number of para-hydroxylation sites is 2. The van der Waals surface area contributed by atoms with E-state index in [0.29, 0.717) is 18.7 Å². The standard InChI is InChI=1S/C14H19N3O3/c1-16-8-6-12(14(16)20)17(9-7-13(18)19)11-5-3-2-4-10(11)15/h2-5,12H,6-9,15H2,1H3,(H,18,19). The average Bonchev–Trinajstić information content (AvgIpc) is 2.73. The molecule has 0 bridgehead atoms. The number of carboxylic acid groups (broad SMARTS) is 1. The van der Waals surface area contributed by atoms with Crippen molar-refractivity contribution in [3.8, 4) is 0 Å². The zero-order chi connectivity index (χ0) is 14.7. The zero-order valence-corrected chi connectivity index (χ0v) is 11.5. The largest absolute Gasteiger partial charge is 0.481 e. The molecule has 3 N–H and O–H groups in total. The van der Waals surface area contributed by atoms with Gasteiger partial charge in [-0.1, -0.05) is 12.1 Å². The van der Waals surface area contributed by atoms with Crippen molar-refractivity contribution >= 4 is 23.3 Å². The SMILES string of the molecule is CN1CCC(N(CCC(=O)O)c2ccccc2N)C1=O. The number of aliphatic carboxylic acids is 1. The number of likely N-dealkylation sites (N-methyl/N-ethyl adjacent to an activating group) is 1. The summed E-state index contributed by atoms with van der Waals surface area (Å²) in [6.07, 6.45) is 0.658. The molecule has 0 spiro atoms. The van der Waals surface area contributed by atoms with Gasteiger partial charge in [0.1, 0.15) is 6.04 Å². The van der Waals surface area contributed by atoms with E-state index in [2.05, 4.69) is 0 Å². The normalized spacial score (nSPS) is 18.4. The summed E-state index contributed by atoms with van der Waals surface area (Å²) in [4.78, 5) is 26.5. The third-order valence-electron chi connectivity index (χ3n) is 3.59. The van der Waals surface area contributed by atoms with Crippen LogP contribution in [0.1, 0.15) is 12.8 Å². The van der Waals surface area contributed by atoms with Crippen molar-refractivity contribution in [1.29, 1.82) is 0 Å². The van der Waals surface area contributed by atoms with Crippen molar-refractivity contribution in [2.75, 3.05) is 30.8 Å². The van der Waals surface area contributed by atoms with Crippen molar-refractivity contribution < 1.29 is 14.7 Å². The van der Waals surface area contributed by atoms with Crippen LogP contribution in [0.25, 0.3) is 0 Å². The average molecular weight is 277 g/mol. The summed E-state index contributed by atoms with van der Waals surface area (Å²) in [6.45, 7) is 0.952. The third-order valence-corrected chi connectivity index (χ3v) is 3.59. The summed E-state index contributed by atoms with van der Waals surface area (Å²) in [5.74, 6) is -0.873. The molecular formula is C14H19N3O3. The lowest BCUT2D eigenvalue weighted by atomic mass is 10.1. The van der Waals surface area contributed by atoms with Crippen molar-refractivity contribution in [1.82, 2.24) is 4.90 Å². The number of nitrogens with zero attached hydrogens (tertiary/aromatic N) is 2. The van der Waals surface area contributed by atoms with Gasteiger partial charge in [0.25, 0.3) is 0 Å². The number of rotatable bonds is 5. The molecule has 1 atom stereocenters. The summed E-state index contributed by atoms with van der Waals surface area (Å²) < 4.78 is 0. The summed E-state index contributed by atoms with van der Waals surface area (Å²) in [5.41, 5.74) is 7.24. The van der Waals surface area contributed by atoms with E-state index >= 15 is 0 Å². The van der Waals surface area contributed by atoms with Crippen molar-refractivity contribution in [2.45, 2.75) is 18.9 Å². The van der Waals surface area contributed by atoms with Gasteiger partial charge in [0.15, 0.2) is 0 Å². The van der Waals surface area contributed by atoms with Gasteiger partial charge < -0.3 is 20.6 Å². The zero-order valence-electron chi connectivity index (χ0n) is 11.5. The highest BCUT2D eigenvalue weighted by molar-refractivity contribution is 5.88. The predicted molar refractivity (Wildman–Crippen MR) is 76.5 cm³/mol. The second-order valence-corrected chi connectivity index (χ2v) is 4.96. The Morgan fingerprint density at radius 3 is 2.75 bits per heavy atom. The smallest absolute Gasteiger partial charge is 0.305 e. The molecule has 20 heavy (non-hydrogen) atoms. The second kappa shape index (κ2) is 5.81. The van der Waals surface area contributed by atoms with Gasteiger partial charge in [0.05, 0.1) is 17.8 Å². The first-order chi connectivity index (χ1) is 9.50. The minimum atomic E-state index is -0.886. The minimum absolute atomic E-state index is 0.0126. The Labute approximate surface area is 117 Å². The van der Waals surface area contributed by atoms with Gasteiger partial charge in [-0.3, -0.25) is 9.59 Å². The molecule has 0 saturated carbocycles. The first-order valence-corrected chi connectivity index (χ1v) is 6.58. The Balaban J connectivity index is 2.28. The molecule has 1 saturated heterocycles. The molecule has 1 aromatic carbocycles. The van der Waals surface area contributed by atoms with Gasteiger partial charge >= 0.3 is 5.97 Å². The number of amides is 1. The Bertz CT molecular complexity index is 518. The van der Waals surface area contributed by atoms with E-state index in [9.17, 15) is 9.59 Å². The lowest BCUT2D eigenvalue weighted by Crippen LogP contribution is -2.42. The van der Waals surface area contributed by atoms with Crippen LogP contribution in [-0.2, 0) is 9.59 Å². The molecule has 1 aliphatic rings. The molecule has 1 aromatic rings. The Hall–Kier alpha value is -2.24. The van der Waals surface area contributed by atoms with Crippen LogP contribution in [0.3, 0.4) is 0 Å². The highest BCUT2D eigenvalue weighted by Gasteiger charge is 2.34. The molecule has 6 heteroatoms. The highest BCUT2D eigenvalue weighted by atomic mass is 16.4. The van der Waals surface area contributed by atoms with Crippen LogP contribution in [0.2, 0.25) is 0 Å².